The number of rotatable bonds is 5. The first-order chi connectivity index (χ1) is 9.49. The molecule has 2 rings (SSSR count). The van der Waals surface area contributed by atoms with Crippen molar-refractivity contribution < 1.29 is 14.3 Å². The van der Waals surface area contributed by atoms with Crippen LogP contribution in [0.1, 0.15) is 34.6 Å². The lowest BCUT2D eigenvalue weighted by molar-refractivity contribution is 0.0695. The topological polar surface area (TPSA) is 67.2 Å². The van der Waals surface area contributed by atoms with E-state index in [1.54, 1.807) is 13.1 Å². The van der Waals surface area contributed by atoms with Gasteiger partial charge in [-0.25, -0.2) is 9.18 Å². The normalized spacial score (nSPS) is 12.3. The van der Waals surface area contributed by atoms with Gasteiger partial charge in [-0.1, -0.05) is 12.1 Å². The average Bonchev–Trinajstić information content (AvgIpc) is 2.77. The maximum absolute atomic E-state index is 13.2. The fraction of sp³-hybridized carbons (Fsp3) is 0.286. The molecular weight excluding hydrogens is 261 g/mol. The zero-order chi connectivity index (χ0) is 14.7. The first-order valence-electron chi connectivity index (χ1n) is 6.22. The SMILES string of the molecule is C[C@@H](NCc1c(C(=O)O)cnn1C)c1cccc(F)c1. The number of carbonyl (C=O) groups is 1. The third-order valence-electron chi connectivity index (χ3n) is 3.22. The zero-order valence-corrected chi connectivity index (χ0v) is 11.3. The van der Waals surface area contributed by atoms with Crippen LogP contribution >= 0.6 is 0 Å². The smallest absolute Gasteiger partial charge is 0.339 e. The fourth-order valence-corrected chi connectivity index (χ4v) is 1.99. The van der Waals surface area contributed by atoms with Crippen molar-refractivity contribution in [2.45, 2.75) is 19.5 Å². The molecule has 0 spiro atoms. The summed E-state index contributed by atoms with van der Waals surface area (Å²) < 4.78 is 14.7. The van der Waals surface area contributed by atoms with Crippen LogP contribution in [-0.4, -0.2) is 20.9 Å². The summed E-state index contributed by atoms with van der Waals surface area (Å²) in [6, 6.07) is 6.22. The number of carboxylic acids is 1. The number of nitrogens with zero attached hydrogens (tertiary/aromatic N) is 2. The van der Waals surface area contributed by atoms with Gasteiger partial charge < -0.3 is 10.4 Å². The number of halogens is 1. The van der Waals surface area contributed by atoms with Crippen LogP contribution in [0.3, 0.4) is 0 Å². The Morgan fingerprint density at radius 3 is 2.95 bits per heavy atom. The van der Waals surface area contributed by atoms with Gasteiger partial charge in [-0.05, 0) is 24.6 Å². The van der Waals surface area contributed by atoms with E-state index < -0.39 is 5.97 Å². The first kappa shape index (κ1) is 14.2. The summed E-state index contributed by atoms with van der Waals surface area (Å²) in [6.07, 6.45) is 1.33. The van der Waals surface area contributed by atoms with Gasteiger partial charge in [-0.3, -0.25) is 4.68 Å². The Balaban J connectivity index is 2.09. The summed E-state index contributed by atoms with van der Waals surface area (Å²) in [7, 11) is 1.69. The lowest BCUT2D eigenvalue weighted by Crippen LogP contribution is -2.21. The molecule has 6 heteroatoms. The van der Waals surface area contributed by atoms with Crippen molar-refractivity contribution in [3.8, 4) is 0 Å². The highest BCUT2D eigenvalue weighted by atomic mass is 19.1. The van der Waals surface area contributed by atoms with Crippen molar-refractivity contribution >= 4 is 5.97 Å². The van der Waals surface area contributed by atoms with Crippen molar-refractivity contribution in [1.82, 2.24) is 15.1 Å². The second kappa shape index (κ2) is 5.83. The maximum Gasteiger partial charge on any atom is 0.339 e. The molecule has 106 valence electrons. The van der Waals surface area contributed by atoms with Crippen LogP contribution < -0.4 is 5.32 Å². The van der Waals surface area contributed by atoms with Gasteiger partial charge in [0.15, 0.2) is 0 Å². The number of aryl methyl sites for hydroxylation is 1. The lowest BCUT2D eigenvalue weighted by Gasteiger charge is -2.15. The molecule has 1 aromatic carbocycles. The van der Waals surface area contributed by atoms with E-state index in [4.69, 9.17) is 5.11 Å². The number of aromatic nitrogens is 2. The molecule has 2 N–H and O–H groups in total. The molecule has 1 heterocycles. The second-order valence-electron chi connectivity index (χ2n) is 4.59. The standard InChI is InChI=1S/C14H16FN3O2/c1-9(10-4-3-5-11(15)6-10)16-8-13-12(14(19)20)7-17-18(13)2/h3-7,9,16H,8H2,1-2H3,(H,19,20)/t9-/m1/s1. The molecule has 0 fully saturated rings. The molecule has 0 aliphatic rings. The average molecular weight is 277 g/mol. The molecule has 0 saturated heterocycles. The molecule has 0 bridgehead atoms. The van der Waals surface area contributed by atoms with E-state index in [0.717, 1.165) is 5.56 Å². The second-order valence-corrected chi connectivity index (χ2v) is 4.59. The monoisotopic (exact) mass is 277 g/mol. The number of carboxylic acid groups (broad SMARTS) is 1. The molecule has 0 saturated carbocycles. The largest absolute Gasteiger partial charge is 0.478 e. The molecule has 0 aliphatic carbocycles. The van der Waals surface area contributed by atoms with Gasteiger partial charge in [0.2, 0.25) is 0 Å². The minimum absolute atomic E-state index is 0.0951. The number of aromatic carboxylic acids is 1. The van der Waals surface area contributed by atoms with E-state index in [1.165, 1.54) is 23.0 Å². The highest BCUT2D eigenvalue weighted by Gasteiger charge is 2.15. The molecule has 0 unspecified atom stereocenters. The Morgan fingerprint density at radius 1 is 1.55 bits per heavy atom. The zero-order valence-electron chi connectivity index (χ0n) is 11.3. The van der Waals surface area contributed by atoms with Crippen molar-refractivity contribution in [2.24, 2.45) is 7.05 Å². The van der Waals surface area contributed by atoms with Crippen molar-refractivity contribution in [2.75, 3.05) is 0 Å². The highest BCUT2D eigenvalue weighted by molar-refractivity contribution is 5.88. The van der Waals surface area contributed by atoms with Gasteiger partial charge in [-0.15, -0.1) is 0 Å². The number of hydrogen-bond acceptors (Lipinski definition) is 3. The van der Waals surface area contributed by atoms with Crippen LogP contribution in [0, 0.1) is 5.82 Å². The van der Waals surface area contributed by atoms with Crippen LogP contribution in [0.15, 0.2) is 30.5 Å². The van der Waals surface area contributed by atoms with Gasteiger partial charge in [-0.2, -0.15) is 5.10 Å². The van der Waals surface area contributed by atoms with E-state index in [0.29, 0.717) is 12.2 Å². The summed E-state index contributed by atoms with van der Waals surface area (Å²) in [5.74, 6) is -1.30. The van der Waals surface area contributed by atoms with Gasteiger partial charge in [0.05, 0.1) is 11.9 Å². The van der Waals surface area contributed by atoms with Gasteiger partial charge in [0, 0.05) is 19.6 Å². The Hall–Kier alpha value is -2.21. The molecule has 1 aromatic heterocycles. The van der Waals surface area contributed by atoms with Crippen LogP contribution in [0.2, 0.25) is 0 Å². The molecular formula is C14H16FN3O2. The van der Waals surface area contributed by atoms with Crippen molar-refractivity contribution in [3.63, 3.8) is 0 Å². The predicted octanol–water partition coefficient (Wildman–Crippen LogP) is 2.11. The van der Waals surface area contributed by atoms with Gasteiger partial charge in [0.25, 0.3) is 0 Å². The highest BCUT2D eigenvalue weighted by Crippen LogP contribution is 2.15. The summed E-state index contributed by atoms with van der Waals surface area (Å²) >= 11 is 0. The van der Waals surface area contributed by atoms with Crippen molar-refractivity contribution in [3.05, 3.63) is 53.1 Å². The number of benzene rings is 1. The van der Waals surface area contributed by atoms with E-state index in [9.17, 15) is 9.18 Å². The molecule has 20 heavy (non-hydrogen) atoms. The Labute approximate surface area is 116 Å². The quantitative estimate of drug-likeness (QED) is 0.878. The molecule has 0 amide bonds. The summed E-state index contributed by atoms with van der Waals surface area (Å²) in [5.41, 5.74) is 1.57. The van der Waals surface area contributed by atoms with E-state index in [1.807, 2.05) is 13.0 Å². The molecule has 0 radical (unpaired) electrons. The minimum Gasteiger partial charge on any atom is -0.478 e. The maximum atomic E-state index is 13.2. The fourth-order valence-electron chi connectivity index (χ4n) is 1.99. The molecule has 5 nitrogen and oxygen atoms in total. The van der Waals surface area contributed by atoms with Crippen LogP contribution in [0.5, 0.6) is 0 Å². The number of nitrogens with one attached hydrogen (secondary N) is 1. The minimum atomic E-state index is -1.01. The van der Waals surface area contributed by atoms with Gasteiger partial charge in [0.1, 0.15) is 11.4 Å². The number of hydrogen-bond donors (Lipinski definition) is 2. The van der Waals surface area contributed by atoms with E-state index >= 15 is 0 Å². The Morgan fingerprint density at radius 2 is 2.30 bits per heavy atom. The molecule has 0 aliphatic heterocycles. The molecule has 1 atom stereocenters. The lowest BCUT2D eigenvalue weighted by atomic mass is 10.1. The van der Waals surface area contributed by atoms with Crippen molar-refractivity contribution in [1.29, 1.82) is 0 Å². The van der Waals surface area contributed by atoms with Gasteiger partial charge >= 0.3 is 5.97 Å². The third-order valence-corrected chi connectivity index (χ3v) is 3.22. The Bertz CT molecular complexity index is 625. The third kappa shape index (κ3) is 3.03. The van der Waals surface area contributed by atoms with Crippen LogP contribution in [-0.2, 0) is 13.6 Å². The van der Waals surface area contributed by atoms with Crippen LogP contribution in [0.25, 0.3) is 0 Å². The Kier molecular flexibility index (Phi) is 4.14. The summed E-state index contributed by atoms with van der Waals surface area (Å²) in [6.45, 7) is 2.24. The molecule has 2 aromatic rings. The summed E-state index contributed by atoms with van der Waals surface area (Å²) in [5, 5.41) is 16.2. The van der Waals surface area contributed by atoms with E-state index in [-0.39, 0.29) is 17.4 Å². The predicted molar refractivity (Wildman–Crippen MR) is 71.8 cm³/mol. The summed E-state index contributed by atoms with van der Waals surface area (Å²) in [4.78, 5) is 11.1. The first-order valence-corrected chi connectivity index (χ1v) is 6.22. The van der Waals surface area contributed by atoms with E-state index in [2.05, 4.69) is 10.4 Å². The van der Waals surface area contributed by atoms with Crippen LogP contribution in [0.4, 0.5) is 4.39 Å².